The Hall–Kier alpha value is -0.440. The van der Waals surface area contributed by atoms with Gasteiger partial charge >= 0.3 is 0 Å². The second kappa shape index (κ2) is 3.55. The Balaban J connectivity index is 1.87. The standard InChI is InChI=1S/C12H17NOS/c14-11-10(9-5-1-2-6-9)15-12(13-11)7-3-4-8-12/h1-8H2,(H,13,14). The van der Waals surface area contributed by atoms with Gasteiger partial charge in [-0.25, -0.2) is 0 Å². The first-order chi connectivity index (χ1) is 7.29. The van der Waals surface area contributed by atoms with Crippen molar-refractivity contribution in [2.45, 2.75) is 56.2 Å². The molecule has 0 aromatic carbocycles. The number of rotatable bonds is 0. The summed E-state index contributed by atoms with van der Waals surface area (Å²) in [4.78, 5) is 13.1. The first kappa shape index (κ1) is 9.76. The molecule has 0 bridgehead atoms. The van der Waals surface area contributed by atoms with E-state index in [4.69, 9.17) is 0 Å². The second-order valence-electron chi connectivity index (χ2n) is 4.90. The van der Waals surface area contributed by atoms with Crippen LogP contribution in [0.2, 0.25) is 0 Å². The van der Waals surface area contributed by atoms with E-state index in [9.17, 15) is 4.79 Å². The maximum absolute atomic E-state index is 11.9. The summed E-state index contributed by atoms with van der Waals surface area (Å²) in [6.07, 6.45) is 9.75. The van der Waals surface area contributed by atoms with Gasteiger partial charge in [-0.15, -0.1) is 0 Å². The number of carbonyl (C=O) groups is 1. The third kappa shape index (κ3) is 1.61. The van der Waals surface area contributed by atoms with Crippen LogP contribution in [-0.4, -0.2) is 10.8 Å². The SMILES string of the molecule is O=C1NC2(CCCC2)SC1=C1CCCC1. The van der Waals surface area contributed by atoms with Crippen LogP contribution in [0, 0.1) is 0 Å². The fourth-order valence-electron chi connectivity index (χ4n) is 2.97. The maximum atomic E-state index is 11.9. The molecule has 3 fully saturated rings. The summed E-state index contributed by atoms with van der Waals surface area (Å²) >= 11 is 1.84. The summed E-state index contributed by atoms with van der Waals surface area (Å²) in [5.74, 6) is 0.221. The zero-order chi connectivity index (χ0) is 10.3. The van der Waals surface area contributed by atoms with Crippen LogP contribution in [0.15, 0.2) is 10.5 Å². The molecule has 15 heavy (non-hydrogen) atoms. The van der Waals surface area contributed by atoms with Crippen molar-refractivity contribution in [1.29, 1.82) is 0 Å². The van der Waals surface area contributed by atoms with Crippen molar-refractivity contribution < 1.29 is 4.79 Å². The Morgan fingerprint density at radius 1 is 1.07 bits per heavy atom. The number of allylic oxidation sites excluding steroid dienone is 1. The zero-order valence-corrected chi connectivity index (χ0v) is 9.79. The molecule has 0 aromatic heterocycles. The molecular formula is C12H17NOS. The summed E-state index contributed by atoms with van der Waals surface area (Å²) in [5, 5.41) is 3.22. The normalized spacial score (nSPS) is 29.2. The van der Waals surface area contributed by atoms with Gasteiger partial charge in [-0.1, -0.05) is 30.2 Å². The van der Waals surface area contributed by atoms with Crippen LogP contribution in [0.4, 0.5) is 0 Å². The van der Waals surface area contributed by atoms with Gasteiger partial charge in [0, 0.05) is 0 Å². The molecule has 3 rings (SSSR count). The Labute approximate surface area is 94.9 Å². The largest absolute Gasteiger partial charge is 0.337 e. The van der Waals surface area contributed by atoms with Crippen molar-refractivity contribution in [2.24, 2.45) is 0 Å². The lowest BCUT2D eigenvalue weighted by molar-refractivity contribution is -0.117. The topological polar surface area (TPSA) is 29.1 Å². The highest BCUT2D eigenvalue weighted by Crippen LogP contribution is 2.49. The number of nitrogens with one attached hydrogen (secondary N) is 1. The predicted molar refractivity (Wildman–Crippen MR) is 62.4 cm³/mol. The molecule has 0 unspecified atom stereocenters. The molecule has 0 radical (unpaired) electrons. The molecule has 3 aliphatic rings. The molecular weight excluding hydrogens is 206 g/mol. The van der Waals surface area contributed by atoms with E-state index < -0.39 is 0 Å². The maximum Gasteiger partial charge on any atom is 0.258 e. The van der Waals surface area contributed by atoms with Gasteiger partial charge in [-0.2, -0.15) is 0 Å². The molecule has 1 aliphatic heterocycles. The van der Waals surface area contributed by atoms with E-state index in [2.05, 4.69) is 5.32 Å². The molecule has 1 N–H and O–H groups in total. The van der Waals surface area contributed by atoms with E-state index in [1.807, 2.05) is 11.8 Å². The zero-order valence-electron chi connectivity index (χ0n) is 8.97. The third-order valence-corrected chi connectivity index (χ3v) is 5.36. The molecule has 2 aliphatic carbocycles. The highest BCUT2D eigenvalue weighted by molar-refractivity contribution is 8.05. The van der Waals surface area contributed by atoms with Crippen LogP contribution >= 0.6 is 11.8 Å². The summed E-state index contributed by atoms with van der Waals surface area (Å²) in [7, 11) is 0. The van der Waals surface area contributed by atoms with Gasteiger partial charge in [-0.3, -0.25) is 4.79 Å². The van der Waals surface area contributed by atoms with Crippen LogP contribution in [-0.2, 0) is 4.79 Å². The molecule has 1 saturated heterocycles. The summed E-state index contributed by atoms with van der Waals surface area (Å²) in [6, 6.07) is 0. The summed E-state index contributed by atoms with van der Waals surface area (Å²) < 4.78 is 0. The van der Waals surface area contributed by atoms with E-state index in [-0.39, 0.29) is 10.8 Å². The van der Waals surface area contributed by atoms with E-state index in [1.165, 1.54) is 44.1 Å². The first-order valence-electron chi connectivity index (χ1n) is 6.03. The number of hydrogen-bond acceptors (Lipinski definition) is 2. The van der Waals surface area contributed by atoms with Crippen LogP contribution < -0.4 is 5.32 Å². The van der Waals surface area contributed by atoms with Crippen LogP contribution in [0.25, 0.3) is 0 Å². The van der Waals surface area contributed by atoms with Crippen molar-refractivity contribution >= 4 is 17.7 Å². The molecule has 1 amide bonds. The third-order valence-electron chi connectivity index (χ3n) is 3.78. The smallest absolute Gasteiger partial charge is 0.258 e. The van der Waals surface area contributed by atoms with E-state index in [0.717, 1.165) is 17.7 Å². The quantitative estimate of drug-likeness (QED) is 0.640. The summed E-state index contributed by atoms with van der Waals surface area (Å²) in [6.45, 7) is 0. The molecule has 1 spiro atoms. The summed E-state index contributed by atoms with van der Waals surface area (Å²) in [5.41, 5.74) is 1.43. The molecule has 3 heteroatoms. The molecule has 0 aromatic rings. The molecule has 2 nitrogen and oxygen atoms in total. The van der Waals surface area contributed by atoms with Crippen molar-refractivity contribution in [3.05, 3.63) is 10.5 Å². The number of carbonyl (C=O) groups excluding carboxylic acids is 1. The minimum atomic E-state index is 0.0992. The Bertz CT molecular complexity index is 321. The van der Waals surface area contributed by atoms with Gasteiger partial charge in [0.15, 0.2) is 0 Å². The Morgan fingerprint density at radius 2 is 1.73 bits per heavy atom. The van der Waals surface area contributed by atoms with Gasteiger partial charge in [-0.05, 0) is 38.5 Å². The average Bonchev–Trinajstić information content (AvgIpc) is 2.90. The Morgan fingerprint density at radius 3 is 2.40 bits per heavy atom. The Kier molecular flexibility index (Phi) is 2.31. The van der Waals surface area contributed by atoms with Crippen molar-refractivity contribution in [3.8, 4) is 0 Å². The number of amides is 1. The van der Waals surface area contributed by atoms with E-state index in [0.29, 0.717) is 0 Å². The lowest BCUT2D eigenvalue weighted by Crippen LogP contribution is -2.36. The highest BCUT2D eigenvalue weighted by Gasteiger charge is 2.44. The number of thioether (sulfide) groups is 1. The highest BCUT2D eigenvalue weighted by atomic mass is 32.2. The predicted octanol–water partition coefficient (Wildman–Crippen LogP) is 2.95. The van der Waals surface area contributed by atoms with E-state index >= 15 is 0 Å². The van der Waals surface area contributed by atoms with Crippen LogP contribution in [0.3, 0.4) is 0 Å². The van der Waals surface area contributed by atoms with Crippen molar-refractivity contribution in [3.63, 3.8) is 0 Å². The van der Waals surface area contributed by atoms with Gasteiger partial charge in [0.2, 0.25) is 0 Å². The minimum Gasteiger partial charge on any atom is -0.337 e. The van der Waals surface area contributed by atoms with Gasteiger partial charge < -0.3 is 5.32 Å². The fourth-order valence-corrected chi connectivity index (χ4v) is 4.49. The minimum absolute atomic E-state index is 0.0992. The molecule has 2 saturated carbocycles. The average molecular weight is 223 g/mol. The van der Waals surface area contributed by atoms with Gasteiger partial charge in [0.25, 0.3) is 5.91 Å². The fraction of sp³-hybridized carbons (Fsp3) is 0.750. The lowest BCUT2D eigenvalue weighted by atomic mass is 10.2. The lowest BCUT2D eigenvalue weighted by Gasteiger charge is -2.20. The first-order valence-corrected chi connectivity index (χ1v) is 6.84. The second-order valence-corrected chi connectivity index (χ2v) is 6.29. The monoisotopic (exact) mass is 223 g/mol. The van der Waals surface area contributed by atoms with E-state index in [1.54, 1.807) is 0 Å². The van der Waals surface area contributed by atoms with Crippen molar-refractivity contribution in [1.82, 2.24) is 5.32 Å². The van der Waals surface area contributed by atoms with Crippen LogP contribution in [0.5, 0.6) is 0 Å². The molecule has 82 valence electrons. The van der Waals surface area contributed by atoms with Gasteiger partial charge in [0.05, 0.1) is 9.78 Å². The number of hydrogen-bond donors (Lipinski definition) is 1. The van der Waals surface area contributed by atoms with Crippen molar-refractivity contribution in [2.75, 3.05) is 0 Å². The molecule has 1 heterocycles. The van der Waals surface area contributed by atoms with Crippen LogP contribution in [0.1, 0.15) is 51.4 Å². The molecule has 0 atom stereocenters. The van der Waals surface area contributed by atoms with Gasteiger partial charge in [0.1, 0.15) is 0 Å².